The normalized spacial score (nSPS) is 14.4. The van der Waals surface area contributed by atoms with E-state index in [1.165, 1.54) is 11.1 Å². The van der Waals surface area contributed by atoms with Gasteiger partial charge in [-0.05, 0) is 24.0 Å². The van der Waals surface area contributed by atoms with E-state index in [1.54, 1.807) is 11.9 Å². The number of likely N-dealkylation sites (N-methyl/N-ethyl adjacent to an activating group) is 1. The summed E-state index contributed by atoms with van der Waals surface area (Å²) in [6, 6.07) is 8.22. The van der Waals surface area contributed by atoms with Crippen LogP contribution < -0.4 is 5.73 Å². The molecule has 0 spiro atoms. The average Bonchev–Trinajstić information content (AvgIpc) is 2.70. The van der Waals surface area contributed by atoms with Crippen LogP contribution in [0.3, 0.4) is 0 Å². The first-order valence-corrected chi connectivity index (χ1v) is 6.09. The molecule has 1 aromatic carbocycles. The van der Waals surface area contributed by atoms with Crippen LogP contribution in [0.1, 0.15) is 11.1 Å². The number of hydrogen-bond donors (Lipinski definition) is 1. The first kappa shape index (κ1) is 12.0. The number of benzene rings is 1. The fraction of sp³-hybridized carbons (Fsp3) is 0.385. The maximum absolute atomic E-state index is 12.2. The molecule has 0 aliphatic heterocycles. The average molecular weight is 248 g/mol. The maximum atomic E-state index is 12.2. The first-order valence-electron chi connectivity index (χ1n) is 5.68. The summed E-state index contributed by atoms with van der Waals surface area (Å²) in [5.41, 5.74) is 8.02. The van der Waals surface area contributed by atoms with Crippen LogP contribution in [0.5, 0.6) is 0 Å². The van der Waals surface area contributed by atoms with Gasteiger partial charge < -0.3 is 10.6 Å². The Kier molecular flexibility index (Phi) is 3.43. The third kappa shape index (κ3) is 2.64. The topological polar surface area (TPSA) is 46.3 Å². The van der Waals surface area contributed by atoms with Crippen LogP contribution in [-0.4, -0.2) is 29.4 Å². The Morgan fingerprint density at radius 3 is 2.41 bits per heavy atom. The fourth-order valence-corrected chi connectivity index (χ4v) is 2.55. The molecule has 0 radical (unpaired) electrons. The molecular weight excluding hydrogens is 232 g/mol. The summed E-state index contributed by atoms with van der Waals surface area (Å²) >= 11 is 4.82. The van der Waals surface area contributed by atoms with Gasteiger partial charge in [-0.25, -0.2) is 0 Å². The molecule has 2 rings (SSSR count). The van der Waals surface area contributed by atoms with Crippen molar-refractivity contribution in [3.05, 3.63) is 35.4 Å². The van der Waals surface area contributed by atoms with Crippen molar-refractivity contribution < 1.29 is 4.79 Å². The zero-order valence-electron chi connectivity index (χ0n) is 9.85. The molecule has 4 heteroatoms. The number of hydrogen-bond acceptors (Lipinski definition) is 2. The summed E-state index contributed by atoms with van der Waals surface area (Å²) in [5.74, 6) is 0.181. The van der Waals surface area contributed by atoms with Gasteiger partial charge in [0.1, 0.15) is 0 Å². The lowest BCUT2D eigenvalue weighted by Gasteiger charge is -2.20. The highest BCUT2D eigenvalue weighted by Gasteiger charge is 2.29. The minimum Gasteiger partial charge on any atom is -0.392 e. The first-order chi connectivity index (χ1) is 8.08. The van der Waals surface area contributed by atoms with Crippen LogP contribution in [0, 0.1) is 5.92 Å². The highest BCUT2D eigenvalue weighted by molar-refractivity contribution is 7.80. The van der Waals surface area contributed by atoms with Crippen molar-refractivity contribution in [2.75, 3.05) is 13.6 Å². The van der Waals surface area contributed by atoms with E-state index in [-0.39, 0.29) is 11.8 Å². The van der Waals surface area contributed by atoms with Crippen molar-refractivity contribution in [1.82, 2.24) is 4.90 Å². The number of nitrogens with zero attached hydrogens (tertiary/aromatic N) is 1. The Morgan fingerprint density at radius 1 is 1.41 bits per heavy atom. The SMILES string of the molecule is CN(CC(N)=S)C(=O)C1Cc2ccccc2C1. The van der Waals surface area contributed by atoms with E-state index >= 15 is 0 Å². The molecule has 1 aliphatic carbocycles. The highest BCUT2D eigenvalue weighted by Crippen LogP contribution is 2.27. The van der Waals surface area contributed by atoms with Crippen molar-refractivity contribution in [3.8, 4) is 0 Å². The predicted octanol–water partition coefficient (Wildman–Crippen LogP) is 1.15. The van der Waals surface area contributed by atoms with Gasteiger partial charge in [0, 0.05) is 13.0 Å². The van der Waals surface area contributed by atoms with Gasteiger partial charge in [0.05, 0.1) is 11.5 Å². The van der Waals surface area contributed by atoms with Crippen molar-refractivity contribution in [2.45, 2.75) is 12.8 Å². The number of nitrogens with two attached hydrogens (primary N) is 1. The second-order valence-corrected chi connectivity index (χ2v) is 5.06. The van der Waals surface area contributed by atoms with Crippen LogP contribution in [0.15, 0.2) is 24.3 Å². The van der Waals surface area contributed by atoms with Gasteiger partial charge in [0.25, 0.3) is 0 Å². The highest BCUT2D eigenvalue weighted by atomic mass is 32.1. The van der Waals surface area contributed by atoms with Gasteiger partial charge in [-0.1, -0.05) is 36.5 Å². The molecule has 17 heavy (non-hydrogen) atoms. The third-order valence-corrected chi connectivity index (χ3v) is 3.30. The van der Waals surface area contributed by atoms with E-state index in [0.717, 1.165) is 12.8 Å². The van der Waals surface area contributed by atoms with E-state index < -0.39 is 0 Å². The summed E-state index contributed by atoms with van der Waals surface area (Å²) in [4.78, 5) is 14.1. The predicted molar refractivity (Wildman–Crippen MR) is 71.8 cm³/mol. The lowest BCUT2D eigenvalue weighted by molar-refractivity contribution is -0.133. The zero-order valence-corrected chi connectivity index (χ0v) is 10.7. The standard InChI is InChI=1S/C13H16N2OS/c1-15(8-12(14)17)13(16)11-6-9-4-2-3-5-10(9)7-11/h2-5,11H,6-8H2,1H3,(H2,14,17). The Hall–Kier alpha value is -1.42. The fourth-order valence-electron chi connectivity index (χ4n) is 2.36. The Bertz CT molecular complexity index is 433. The monoisotopic (exact) mass is 248 g/mol. The number of carbonyl (C=O) groups is 1. The van der Waals surface area contributed by atoms with Crippen LogP contribution >= 0.6 is 12.2 Å². The van der Waals surface area contributed by atoms with Crippen molar-refractivity contribution in [1.29, 1.82) is 0 Å². The molecule has 0 atom stereocenters. The summed E-state index contributed by atoms with van der Waals surface area (Å²) in [7, 11) is 1.75. The quantitative estimate of drug-likeness (QED) is 0.816. The number of amides is 1. The van der Waals surface area contributed by atoms with Crippen LogP contribution in [0.25, 0.3) is 0 Å². The molecule has 0 fully saturated rings. The third-order valence-electron chi connectivity index (χ3n) is 3.17. The molecule has 0 saturated heterocycles. The van der Waals surface area contributed by atoms with Gasteiger partial charge in [-0.15, -0.1) is 0 Å². The number of carbonyl (C=O) groups excluding carboxylic acids is 1. The van der Waals surface area contributed by atoms with E-state index in [1.807, 2.05) is 12.1 Å². The minimum atomic E-state index is 0.0479. The Morgan fingerprint density at radius 2 is 1.94 bits per heavy atom. The molecule has 0 bridgehead atoms. The van der Waals surface area contributed by atoms with E-state index in [2.05, 4.69) is 12.1 Å². The lowest BCUT2D eigenvalue weighted by atomic mass is 10.1. The summed E-state index contributed by atoms with van der Waals surface area (Å²) in [6.07, 6.45) is 1.66. The van der Waals surface area contributed by atoms with Crippen molar-refractivity contribution in [3.63, 3.8) is 0 Å². The molecule has 0 aromatic heterocycles. The molecule has 0 heterocycles. The number of thiocarbonyl (C=S) groups is 1. The molecule has 3 nitrogen and oxygen atoms in total. The zero-order chi connectivity index (χ0) is 12.4. The van der Waals surface area contributed by atoms with Gasteiger partial charge >= 0.3 is 0 Å². The summed E-state index contributed by atoms with van der Waals surface area (Å²) < 4.78 is 0. The summed E-state index contributed by atoms with van der Waals surface area (Å²) in [6.45, 7) is 0.362. The van der Waals surface area contributed by atoms with Gasteiger partial charge in [0.15, 0.2) is 0 Å². The Balaban J connectivity index is 2.03. The van der Waals surface area contributed by atoms with Crippen LogP contribution in [0.4, 0.5) is 0 Å². The van der Waals surface area contributed by atoms with Gasteiger partial charge in [-0.2, -0.15) is 0 Å². The van der Waals surface area contributed by atoms with Crippen molar-refractivity contribution in [2.24, 2.45) is 11.7 Å². The molecule has 0 unspecified atom stereocenters. The van der Waals surface area contributed by atoms with Crippen LogP contribution in [-0.2, 0) is 17.6 Å². The minimum absolute atomic E-state index is 0.0479. The molecule has 1 aromatic rings. The molecule has 2 N–H and O–H groups in total. The second kappa shape index (κ2) is 4.84. The van der Waals surface area contributed by atoms with Gasteiger partial charge in [-0.3, -0.25) is 4.79 Å². The maximum Gasteiger partial charge on any atom is 0.226 e. The largest absolute Gasteiger partial charge is 0.392 e. The smallest absolute Gasteiger partial charge is 0.226 e. The molecular formula is C13H16N2OS. The number of fused-ring (bicyclic) bond motifs is 1. The van der Waals surface area contributed by atoms with Crippen LogP contribution in [0.2, 0.25) is 0 Å². The molecule has 90 valence electrons. The summed E-state index contributed by atoms with van der Waals surface area (Å²) in [5, 5.41) is 0. The second-order valence-electron chi connectivity index (χ2n) is 4.53. The van der Waals surface area contributed by atoms with Crippen molar-refractivity contribution >= 4 is 23.1 Å². The van der Waals surface area contributed by atoms with Gasteiger partial charge in [0.2, 0.25) is 5.91 Å². The number of rotatable bonds is 3. The van der Waals surface area contributed by atoms with E-state index in [9.17, 15) is 4.79 Å². The molecule has 1 amide bonds. The molecule has 0 saturated carbocycles. The van der Waals surface area contributed by atoms with E-state index in [0.29, 0.717) is 11.5 Å². The Labute approximate surface area is 107 Å². The van der Waals surface area contributed by atoms with E-state index in [4.69, 9.17) is 18.0 Å². The lowest BCUT2D eigenvalue weighted by Crippen LogP contribution is -2.38. The molecule has 1 aliphatic rings.